The van der Waals surface area contributed by atoms with Crippen LogP contribution in [0.4, 0.5) is 0 Å². The minimum atomic E-state index is -2.80. The standard InChI is InChI=1S/C10H14O4S/c1-14-10(11)4-2-3-9-5-7-15(12,13)8-6-9/h9H,3,5-8H2,1H3. The molecule has 0 atom stereocenters. The molecule has 0 N–H and O–H groups in total. The van der Waals surface area contributed by atoms with E-state index in [-0.39, 0.29) is 11.5 Å². The van der Waals surface area contributed by atoms with E-state index in [1.54, 1.807) is 0 Å². The van der Waals surface area contributed by atoms with Crippen LogP contribution in [0.5, 0.6) is 0 Å². The Kier molecular flexibility index (Phi) is 4.15. The van der Waals surface area contributed by atoms with Gasteiger partial charge in [-0.25, -0.2) is 13.2 Å². The molecule has 1 rings (SSSR count). The normalized spacial score (nSPS) is 20.1. The third-order valence-corrected chi connectivity index (χ3v) is 4.16. The van der Waals surface area contributed by atoms with Gasteiger partial charge in [0.05, 0.1) is 18.6 Å². The summed E-state index contributed by atoms with van der Waals surface area (Å²) in [4.78, 5) is 10.7. The molecular weight excluding hydrogens is 216 g/mol. The van der Waals surface area contributed by atoms with Gasteiger partial charge in [0.25, 0.3) is 0 Å². The fraction of sp³-hybridized carbons (Fsp3) is 0.700. The molecule has 0 amide bonds. The molecule has 0 saturated carbocycles. The minimum Gasteiger partial charge on any atom is -0.459 e. The third kappa shape index (κ3) is 4.34. The highest BCUT2D eigenvalue weighted by Gasteiger charge is 2.22. The predicted octanol–water partition coefficient (Wildman–Crippen LogP) is 0.378. The number of hydrogen-bond donors (Lipinski definition) is 0. The quantitative estimate of drug-likeness (QED) is 0.371. The fourth-order valence-corrected chi connectivity index (χ4v) is 3.05. The molecule has 5 heteroatoms. The van der Waals surface area contributed by atoms with Crippen molar-refractivity contribution in [3.63, 3.8) is 0 Å². The second-order valence-electron chi connectivity index (χ2n) is 3.59. The van der Waals surface area contributed by atoms with Gasteiger partial charge in [-0.15, -0.1) is 0 Å². The number of carbonyl (C=O) groups is 1. The molecule has 1 fully saturated rings. The van der Waals surface area contributed by atoms with Gasteiger partial charge in [0.1, 0.15) is 9.84 Å². The molecule has 1 aliphatic heterocycles. The second kappa shape index (κ2) is 5.17. The van der Waals surface area contributed by atoms with Crippen molar-refractivity contribution < 1.29 is 17.9 Å². The van der Waals surface area contributed by atoms with Crippen molar-refractivity contribution in [1.82, 2.24) is 0 Å². The van der Waals surface area contributed by atoms with Crippen LogP contribution in [-0.4, -0.2) is 33.0 Å². The summed E-state index contributed by atoms with van der Waals surface area (Å²) < 4.78 is 26.6. The largest absolute Gasteiger partial charge is 0.459 e. The van der Waals surface area contributed by atoms with Crippen molar-refractivity contribution in [2.75, 3.05) is 18.6 Å². The molecule has 1 saturated heterocycles. The van der Waals surface area contributed by atoms with E-state index in [1.165, 1.54) is 7.11 Å². The molecule has 1 heterocycles. The lowest BCUT2D eigenvalue weighted by Crippen LogP contribution is -2.22. The van der Waals surface area contributed by atoms with Crippen LogP contribution in [0.15, 0.2) is 0 Å². The smallest absolute Gasteiger partial charge is 0.384 e. The number of hydrogen-bond acceptors (Lipinski definition) is 4. The molecule has 0 aromatic heterocycles. The van der Waals surface area contributed by atoms with Crippen LogP contribution < -0.4 is 0 Å². The minimum absolute atomic E-state index is 0.248. The highest BCUT2D eigenvalue weighted by atomic mass is 32.2. The first-order valence-corrected chi connectivity index (χ1v) is 6.63. The first-order valence-electron chi connectivity index (χ1n) is 4.81. The maximum atomic E-state index is 11.1. The summed E-state index contributed by atoms with van der Waals surface area (Å²) in [6.07, 6.45) is 1.88. The summed E-state index contributed by atoms with van der Waals surface area (Å²) >= 11 is 0. The highest BCUT2D eigenvalue weighted by molar-refractivity contribution is 7.91. The van der Waals surface area contributed by atoms with E-state index in [2.05, 4.69) is 16.6 Å². The molecule has 0 aromatic rings. The van der Waals surface area contributed by atoms with Crippen molar-refractivity contribution in [3.8, 4) is 11.8 Å². The van der Waals surface area contributed by atoms with Crippen LogP contribution in [0, 0.1) is 17.8 Å². The first kappa shape index (κ1) is 12.1. The van der Waals surface area contributed by atoms with Crippen molar-refractivity contribution in [3.05, 3.63) is 0 Å². The van der Waals surface area contributed by atoms with E-state index in [9.17, 15) is 13.2 Å². The second-order valence-corrected chi connectivity index (χ2v) is 5.90. The van der Waals surface area contributed by atoms with Crippen LogP contribution in [0.3, 0.4) is 0 Å². The van der Waals surface area contributed by atoms with Gasteiger partial charge in [-0.05, 0) is 18.8 Å². The number of sulfone groups is 1. The first-order chi connectivity index (χ1) is 7.03. The van der Waals surface area contributed by atoms with Crippen LogP contribution in [0.25, 0.3) is 0 Å². The van der Waals surface area contributed by atoms with Crippen molar-refractivity contribution in [2.24, 2.45) is 5.92 Å². The van der Waals surface area contributed by atoms with Crippen LogP contribution in [0.2, 0.25) is 0 Å². The fourth-order valence-electron chi connectivity index (χ4n) is 1.46. The zero-order valence-corrected chi connectivity index (χ0v) is 9.47. The SMILES string of the molecule is COC(=O)C#CCC1CCS(=O)(=O)CC1. The average molecular weight is 230 g/mol. The zero-order chi connectivity index (χ0) is 11.3. The Balaban J connectivity index is 2.36. The number of rotatable bonds is 1. The number of carbonyl (C=O) groups excluding carboxylic acids is 1. The molecule has 84 valence electrons. The number of esters is 1. The van der Waals surface area contributed by atoms with E-state index in [0.29, 0.717) is 25.2 Å². The Morgan fingerprint density at radius 1 is 1.40 bits per heavy atom. The van der Waals surface area contributed by atoms with Gasteiger partial charge in [-0.2, -0.15) is 0 Å². The summed E-state index contributed by atoms with van der Waals surface area (Å²) in [5.74, 6) is 5.30. The van der Waals surface area contributed by atoms with E-state index in [1.807, 2.05) is 0 Å². The van der Waals surface area contributed by atoms with E-state index in [0.717, 1.165) is 0 Å². The van der Waals surface area contributed by atoms with E-state index in [4.69, 9.17) is 0 Å². The lowest BCUT2D eigenvalue weighted by Gasteiger charge is -2.19. The summed E-state index contributed by atoms with van der Waals surface area (Å²) in [5, 5.41) is 0. The van der Waals surface area contributed by atoms with Gasteiger partial charge in [0.2, 0.25) is 0 Å². The predicted molar refractivity (Wildman–Crippen MR) is 55.8 cm³/mol. The van der Waals surface area contributed by atoms with Crippen LogP contribution in [0.1, 0.15) is 19.3 Å². The van der Waals surface area contributed by atoms with Gasteiger partial charge in [0, 0.05) is 12.3 Å². The van der Waals surface area contributed by atoms with Crippen molar-refractivity contribution in [1.29, 1.82) is 0 Å². The van der Waals surface area contributed by atoms with Gasteiger partial charge in [-0.3, -0.25) is 0 Å². The molecule has 1 aliphatic rings. The molecule has 0 aliphatic carbocycles. The van der Waals surface area contributed by atoms with E-state index < -0.39 is 15.8 Å². The monoisotopic (exact) mass is 230 g/mol. The molecule has 15 heavy (non-hydrogen) atoms. The third-order valence-electron chi connectivity index (χ3n) is 2.44. The lowest BCUT2D eigenvalue weighted by molar-refractivity contribution is -0.133. The van der Waals surface area contributed by atoms with Crippen molar-refractivity contribution in [2.45, 2.75) is 19.3 Å². The van der Waals surface area contributed by atoms with Crippen LogP contribution >= 0.6 is 0 Å². The van der Waals surface area contributed by atoms with Gasteiger partial charge in [0.15, 0.2) is 0 Å². The molecule has 0 aromatic carbocycles. The Bertz CT molecular complexity index is 371. The van der Waals surface area contributed by atoms with E-state index >= 15 is 0 Å². The highest BCUT2D eigenvalue weighted by Crippen LogP contribution is 2.21. The van der Waals surface area contributed by atoms with Gasteiger partial charge < -0.3 is 4.74 Å². The maximum absolute atomic E-state index is 11.1. The maximum Gasteiger partial charge on any atom is 0.384 e. The molecule has 0 radical (unpaired) electrons. The molecular formula is C10H14O4S. The summed E-state index contributed by atoms with van der Waals surface area (Å²) in [6, 6.07) is 0. The summed E-state index contributed by atoms with van der Waals surface area (Å²) in [5.41, 5.74) is 0. The molecule has 0 bridgehead atoms. The van der Waals surface area contributed by atoms with Crippen molar-refractivity contribution >= 4 is 15.8 Å². The Hall–Kier alpha value is -1.02. The van der Waals surface area contributed by atoms with Gasteiger partial charge in [-0.1, -0.05) is 5.92 Å². The Labute approximate surface area is 89.9 Å². The summed E-state index contributed by atoms with van der Waals surface area (Å²) in [6.45, 7) is 0. The molecule has 4 nitrogen and oxygen atoms in total. The van der Waals surface area contributed by atoms with Crippen LogP contribution in [-0.2, 0) is 19.4 Å². The van der Waals surface area contributed by atoms with Gasteiger partial charge >= 0.3 is 5.97 Å². The Morgan fingerprint density at radius 2 is 2.00 bits per heavy atom. The average Bonchev–Trinajstić information content (AvgIpc) is 2.20. The zero-order valence-electron chi connectivity index (χ0n) is 8.65. The number of ether oxygens (including phenoxy) is 1. The topological polar surface area (TPSA) is 60.4 Å². The summed E-state index contributed by atoms with van der Waals surface area (Å²) in [7, 11) is -1.52. The Morgan fingerprint density at radius 3 is 2.53 bits per heavy atom. The lowest BCUT2D eigenvalue weighted by atomic mass is 9.99. The number of methoxy groups -OCH3 is 1. The molecule has 0 unspecified atom stereocenters. The molecule has 0 spiro atoms.